The predicted molar refractivity (Wildman–Crippen MR) is 94.0 cm³/mol. The van der Waals surface area contributed by atoms with Gasteiger partial charge in [0.05, 0.1) is 0 Å². The molecule has 1 N–H and O–H groups in total. The maximum absolute atomic E-state index is 12.1. The Kier molecular flexibility index (Phi) is 6.47. The topological polar surface area (TPSA) is 51.2 Å². The molecule has 4 nitrogen and oxygen atoms in total. The molecule has 5 heteroatoms. The van der Waals surface area contributed by atoms with Crippen LogP contribution < -0.4 is 10.1 Å². The van der Waals surface area contributed by atoms with Crippen molar-refractivity contribution < 1.29 is 9.53 Å². The van der Waals surface area contributed by atoms with E-state index in [1.165, 1.54) is 4.90 Å². The van der Waals surface area contributed by atoms with Crippen LogP contribution in [0.5, 0.6) is 5.75 Å². The molecule has 1 atom stereocenters. The Morgan fingerprint density at radius 2 is 2.00 bits per heavy atom. The van der Waals surface area contributed by atoms with Gasteiger partial charge < -0.3 is 10.1 Å². The number of nitrogens with one attached hydrogen (secondary N) is 1. The van der Waals surface area contributed by atoms with Gasteiger partial charge in [0.15, 0.2) is 6.10 Å². The summed E-state index contributed by atoms with van der Waals surface area (Å²) in [5.74, 6) is 0.590. The molecule has 1 heterocycles. The summed E-state index contributed by atoms with van der Waals surface area (Å²) in [4.78, 5) is 17.5. The molecule has 0 unspecified atom stereocenters. The number of aromatic nitrogens is 1. The van der Waals surface area contributed by atoms with Crippen molar-refractivity contribution in [2.75, 3.05) is 12.8 Å². The monoisotopic (exact) mass is 330 g/mol. The van der Waals surface area contributed by atoms with Crippen LogP contribution in [0.15, 0.2) is 47.5 Å². The minimum absolute atomic E-state index is 0.112. The molecule has 2 rings (SSSR count). The van der Waals surface area contributed by atoms with E-state index < -0.39 is 6.10 Å². The van der Waals surface area contributed by atoms with Gasteiger partial charge in [0.2, 0.25) is 0 Å². The van der Waals surface area contributed by atoms with Crippen molar-refractivity contribution in [3.63, 3.8) is 0 Å². The number of rotatable bonds is 7. The zero-order valence-corrected chi connectivity index (χ0v) is 14.5. The quantitative estimate of drug-likeness (QED) is 0.792. The molecule has 0 aliphatic carbocycles. The summed E-state index contributed by atoms with van der Waals surface area (Å²) in [7, 11) is 0. The van der Waals surface area contributed by atoms with Crippen molar-refractivity contribution in [3.05, 3.63) is 53.9 Å². The third kappa shape index (κ3) is 5.60. The molecule has 122 valence electrons. The molecule has 0 saturated carbocycles. The lowest BCUT2D eigenvalue weighted by Gasteiger charge is -2.15. The van der Waals surface area contributed by atoms with Crippen LogP contribution >= 0.6 is 11.8 Å². The summed E-state index contributed by atoms with van der Waals surface area (Å²) in [6, 6.07) is 11.7. The van der Waals surface area contributed by atoms with Crippen LogP contribution in [0.1, 0.15) is 18.2 Å². The lowest BCUT2D eigenvalue weighted by molar-refractivity contribution is -0.127. The largest absolute Gasteiger partial charge is 0.481 e. The average molecular weight is 330 g/mol. The van der Waals surface area contributed by atoms with Crippen LogP contribution in [0.3, 0.4) is 0 Å². The molecule has 0 radical (unpaired) electrons. The molecule has 1 amide bonds. The SMILES string of the molecule is CSc1ccc(O[C@H](C)C(=O)NCCc2ccc(C)nc2)cc1. The van der Waals surface area contributed by atoms with E-state index >= 15 is 0 Å². The Labute approximate surface area is 141 Å². The standard InChI is InChI=1S/C18H22N2O2S/c1-13-4-5-15(12-20-13)10-11-19-18(21)14(2)22-16-6-8-17(23-3)9-7-16/h4-9,12,14H,10-11H2,1-3H3,(H,19,21)/t14-/m1/s1. The van der Waals surface area contributed by atoms with Crippen molar-refractivity contribution in [2.24, 2.45) is 0 Å². The number of ether oxygens (including phenoxy) is 1. The van der Waals surface area contributed by atoms with E-state index in [2.05, 4.69) is 10.3 Å². The maximum atomic E-state index is 12.1. The van der Waals surface area contributed by atoms with E-state index in [-0.39, 0.29) is 5.91 Å². The van der Waals surface area contributed by atoms with E-state index in [4.69, 9.17) is 4.74 Å². The first kappa shape index (κ1) is 17.3. The molecular weight excluding hydrogens is 308 g/mol. The molecule has 0 saturated heterocycles. The second-order valence-electron chi connectivity index (χ2n) is 5.28. The molecule has 0 fully saturated rings. The summed E-state index contributed by atoms with van der Waals surface area (Å²) in [6.45, 7) is 4.28. The van der Waals surface area contributed by atoms with Crippen molar-refractivity contribution in [3.8, 4) is 5.75 Å². The van der Waals surface area contributed by atoms with Gasteiger partial charge >= 0.3 is 0 Å². The van der Waals surface area contributed by atoms with Crippen molar-refractivity contribution in [2.45, 2.75) is 31.3 Å². The van der Waals surface area contributed by atoms with Gasteiger partial charge in [0.1, 0.15) is 5.75 Å². The maximum Gasteiger partial charge on any atom is 0.260 e. The molecule has 23 heavy (non-hydrogen) atoms. The van der Waals surface area contributed by atoms with E-state index in [0.29, 0.717) is 12.3 Å². The molecule has 1 aromatic heterocycles. The van der Waals surface area contributed by atoms with E-state index in [1.807, 2.05) is 55.8 Å². The Morgan fingerprint density at radius 1 is 1.26 bits per heavy atom. The Morgan fingerprint density at radius 3 is 2.61 bits per heavy atom. The third-order valence-corrected chi connectivity index (χ3v) is 4.17. The molecule has 0 spiro atoms. The van der Waals surface area contributed by atoms with Crippen LogP contribution in [0.25, 0.3) is 0 Å². The highest BCUT2D eigenvalue weighted by Crippen LogP contribution is 2.19. The van der Waals surface area contributed by atoms with Crippen molar-refractivity contribution in [1.82, 2.24) is 10.3 Å². The first-order valence-electron chi connectivity index (χ1n) is 7.58. The minimum Gasteiger partial charge on any atom is -0.481 e. The number of pyridine rings is 1. The molecule has 0 aliphatic rings. The highest BCUT2D eigenvalue weighted by atomic mass is 32.2. The third-order valence-electron chi connectivity index (χ3n) is 3.43. The molecular formula is C18H22N2O2S. The van der Waals surface area contributed by atoms with E-state index in [9.17, 15) is 4.79 Å². The number of hydrogen-bond acceptors (Lipinski definition) is 4. The molecule has 0 aliphatic heterocycles. The van der Waals surface area contributed by atoms with Gasteiger partial charge in [-0.3, -0.25) is 9.78 Å². The zero-order chi connectivity index (χ0) is 16.7. The zero-order valence-electron chi connectivity index (χ0n) is 13.7. The van der Waals surface area contributed by atoms with Gasteiger partial charge in [-0.1, -0.05) is 6.07 Å². The minimum atomic E-state index is -0.522. The van der Waals surface area contributed by atoms with Crippen LogP contribution in [-0.2, 0) is 11.2 Å². The van der Waals surface area contributed by atoms with Crippen LogP contribution in [0.4, 0.5) is 0 Å². The van der Waals surface area contributed by atoms with Gasteiger partial charge in [-0.25, -0.2) is 0 Å². The number of nitrogens with zero attached hydrogens (tertiary/aromatic N) is 1. The second kappa shape index (κ2) is 8.58. The number of thioether (sulfide) groups is 1. The number of carbonyl (C=O) groups is 1. The number of aryl methyl sites for hydroxylation is 1. The van der Waals surface area contributed by atoms with Gasteiger partial charge in [0, 0.05) is 23.3 Å². The Balaban J connectivity index is 1.76. The summed E-state index contributed by atoms with van der Waals surface area (Å²) in [5.41, 5.74) is 2.10. The normalized spacial score (nSPS) is 11.8. The summed E-state index contributed by atoms with van der Waals surface area (Å²) in [6.07, 6.45) is 4.10. The first-order valence-corrected chi connectivity index (χ1v) is 8.81. The number of amides is 1. The number of benzene rings is 1. The Bertz CT molecular complexity index is 626. The van der Waals surface area contributed by atoms with E-state index in [0.717, 1.165) is 17.7 Å². The molecule has 0 bridgehead atoms. The first-order chi connectivity index (χ1) is 11.1. The lowest BCUT2D eigenvalue weighted by Crippen LogP contribution is -2.37. The lowest BCUT2D eigenvalue weighted by atomic mass is 10.2. The van der Waals surface area contributed by atoms with Crippen LogP contribution in [-0.4, -0.2) is 29.8 Å². The fourth-order valence-corrected chi connectivity index (χ4v) is 2.44. The van der Waals surface area contributed by atoms with Gasteiger partial charge in [0.25, 0.3) is 5.91 Å². The fourth-order valence-electron chi connectivity index (χ4n) is 2.03. The number of hydrogen-bond donors (Lipinski definition) is 1. The number of carbonyl (C=O) groups excluding carboxylic acids is 1. The van der Waals surface area contributed by atoms with Crippen molar-refractivity contribution in [1.29, 1.82) is 0 Å². The van der Waals surface area contributed by atoms with Gasteiger partial charge in [-0.05, 0) is 62.4 Å². The molecule has 2 aromatic rings. The molecule has 1 aromatic carbocycles. The van der Waals surface area contributed by atoms with Gasteiger partial charge in [-0.2, -0.15) is 0 Å². The smallest absolute Gasteiger partial charge is 0.260 e. The van der Waals surface area contributed by atoms with Gasteiger partial charge in [-0.15, -0.1) is 11.8 Å². The summed E-state index contributed by atoms with van der Waals surface area (Å²) < 4.78 is 5.66. The second-order valence-corrected chi connectivity index (χ2v) is 6.16. The van der Waals surface area contributed by atoms with E-state index in [1.54, 1.807) is 18.7 Å². The average Bonchev–Trinajstić information content (AvgIpc) is 2.57. The Hall–Kier alpha value is -2.01. The predicted octanol–water partition coefficient (Wildman–Crippen LogP) is 3.24. The summed E-state index contributed by atoms with van der Waals surface area (Å²) >= 11 is 1.67. The van der Waals surface area contributed by atoms with Crippen LogP contribution in [0, 0.1) is 6.92 Å². The van der Waals surface area contributed by atoms with Crippen molar-refractivity contribution >= 4 is 17.7 Å². The highest BCUT2D eigenvalue weighted by Gasteiger charge is 2.14. The highest BCUT2D eigenvalue weighted by molar-refractivity contribution is 7.98. The fraction of sp³-hybridized carbons (Fsp3) is 0.333. The summed E-state index contributed by atoms with van der Waals surface area (Å²) in [5, 5.41) is 2.89. The van der Waals surface area contributed by atoms with Crippen LogP contribution in [0.2, 0.25) is 0 Å².